The van der Waals surface area contributed by atoms with E-state index in [2.05, 4.69) is 5.32 Å². The number of carbonyl (C=O) groups excluding carboxylic acids is 4. The normalized spacial score (nSPS) is 31.2. The maximum Gasteiger partial charge on any atom is 0.313 e. The first-order valence-electron chi connectivity index (χ1n) is 16.6. The van der Waals surface area contributed by atoms with Crippen molar-refractivity contribution in [1.29, 1.82) is 0 Å². The van der Waals surface area contributed by atoms with Gasteiger partial charge >= 0.3 is 5.97 Å². The number of aliphatic hydroxyl groups is 1. The Morgan fingerprint density at radius 1 is 1.00 bits per heavy atom. The molecule has 2 fully saturated rings. The molecule has 2 N–H and O–H groups in total. The summed E-state index contributed by atoms with van der Waals surface area (Å²) in [5.41, 5.74) is 1.73. The number of rotatable bonds is 7. The zero-order chi connectivity index (χ0) is 34.0. The maximum absolute atomic E-state index is 15.0. The molecular weight excluding hydrogens is 614 g/mol. The van der Waals surface area contributed by atoms with E-state index in [1.807, 2.05) is 74.5 Å². The van der Waals surface area contributed by atoms with Crippen molar-refractivity contribution in [3.63, 3.8) is 0 Å². The Morgan fingerprint density at radius 3 is 2.46 bits per heavy atom. The van der Waals surface area contributed by atoms with E-state index in [-0.39, 0.29) is 51.0 Å². The third kappa shape index (κ3) is 5.95. The Bertz CT molecular complexity index is 1590. The molecule has 0 saturated carbocycles. The van der Waals surface area contributed by atoms with Gasteiger partial charge in [-0.15, -0.1) is 0 Å². The van der Waals surface area contributed by atoms with E-state index >= 15 is 0 Å². The zero-order valence-corrected chi connectivity index (χ0v) is 27.5. The third-order valence-corrected chi connectivity index (χ3v) is 9.83. The Morgan fingerprint density at radius 2 is 1.75 bits per heavy atom. The molecular formula is C37H43N3O8. The van der Waals surface area contributed by atoms with Crippen molar-refractivity contribution in [2.45, 2.75) is 63.0 Å². The average molecular weight is 658 g/mol. The van der Waals surface area contributed by atoms with E-state index in [9.17, 15) is 24.3 Å². The number of hydrogen-bond acceptors (Lipinski definition) is 8. The van der Waals surface area contributed by atoms with Gasteiger partial charge in [0, 0.05) is 38.9 Å². The SMILES string of the molecule is COC[C@@H]1NC(=O)CC/C=C\CN(c2c(C)cccc2C)C(=O)[C@H]2N(CCCO)C(=O)[C@@H]3[C@@H](C(=O)O[C@H]1c1ccccc1)[C@H]1C=C[C@]32O1. The van der Waals surface area contributed by atoms with Crippen LogP contribution in [0.3, 0.4) is 0 Å². The van der Waals surface area contributed by atoms with Gasteiger partial charge in [0.25, 0.3) is 5.91 Å². The van der Waals surface area contributed by atoms with Gasteiger partial charge in [0.05, 0.1) is 24.7 Å². The summed E-state index contributed by atoms with van der Waals surface area (Å²) >= 11 is 0. The lowest BCUT2D eigenvalue weighted by atomic mass is 9.74. The zero-order valence-electron chi connectivity index (χ0n) is 27.5. The maximum atomic E-state index is 15.0. The predicted octanol–water partition coefficient (Wildman–Crippen LogP) is 2.94. The van der Waals surface area contributed by atoms with Gasteiger partial charge in [-0.1, -0.05) is 72.8 Å². The molecule has 7 atom stereocenters. The van der Waals surface area contributed by atoms with Crippen LogP contribution in [0.25, 0.3) is 0 Å². The second-order valence-electron chi connectivity index (χ2n) is 12.9. The van der Waals surface area contributed by atoms with E-state index in [1.165, 1.54) is 12.0 Å². The highest BCUT2D eigenvalue weighted by Crippen LogP contribution is 2.56. The van der Waals surface area contributed by atoms with Crippen molar-refractivity contribution in [3.8, 4) is 0 Å². The highest BCUT2D eigenvalue weighted by atomic mass is 16.6. The summed E-state index contributed by atoms with van der Waals surface area (Å²) in [5, 5.41) is 12.8. The number of anilines is 1. The Hall–Kier alpha value is -4.32. The number of nitrogens with zero attached hydrogens (tertiary/aromatic N) is 2. The Labute approximate surface area is 280 Å². The molecule has 48 heavy (non-hydrogen) atoms. The van der Waals surface area contributed by atoms with Gasteiger partial charge in [-0.25, -0.2) is 0 Å². The highest BCUT2D eigenvalue weighted by molar-refractivity contribution is 6.06. The van der Waals surface area contributed by atoms with Gasteiger partial charge in [-0.05, 0) is 43.4 Å². The lowest BCUT2D eigenvalue weighted by Crippen LogP contribution is -2.56. The van der Waals surface area contributed by atoms with Crippen molar-refractivity contribution in [3.05, 3.63) is 89.5 Å². The van der Waals surface area contributed by atoms with Crippen LogP contribution in [0.2, 0.25) is 0 Å². The first-order chi connectivity index (χ1) is 23.2. The van der Waals surface area contributed by atoms with Gasteiger partial charge < -0.3 is 34.4 Å². The van der Waals surface area contributed by atoms with E-state index in [0.29, 0.717) is 12.0 Å². The van der Waals surface area contributed by atoms with Crippen LogP contribution >= 0.6 is 0 Å². The van der Waals surface area contributed by atoms with E-state index in [1.54, 1.807) is 17.1 Å². The number of benzene rings is 2. The number of aryl methyl sites for hydroxylation is 2. The van der Waals surface area contributed by atoms with Crippen molar-refractivity contribution < 1.29 is 38.5 Å². The fourth-order valence-electron chi connectivity index (χ4n) is 7.77. The largest absolute Gasteiger partial charge is 0.455 e. The Kier molecular flexibility index (Phi) is 9.82. The second kappa shape index (κ2) is 14.0. The predicted molar refractivity (Wildman–Crippen MR) is 177 cm³/mol. The number of esters is 1. The molecule has 0 aromatic heterocycles. The quantitative estimate of drug-likeness (QED) is 0.343. The van der Waals surface area contributed by atoms with Crippen LogP contribution in [0.4, 0.5) is 5.69 Å². The van der Waals surface area contributed by atoms with Crippen molar-refractivity contribution >= 4 is 29.4 Å². The summed E-state index contributed by atoms with van der Waals surface area (Å²) in [6.45, 7) is 4.05. The number of fused-ring (bicyclic) bond motifs is 2. The summed E-state index contributed by atoms with van der Waals surface area (Å²) in [6.07, 6.45) is 6.34. The molecule has 2 saturated heterocycles. The molecule has 11 nitrogen and oxygen atoms in total. The van der Waals surface area contributed by atoms with Crippen LogP contribution in [0.1, 0.15) is 42.1 Å². The number of ether oxygens (including phenoxy) is 3. The lowest BCUT2D eigenvalue weighted by molar-refractivity contribution is -0.162. The lowest BCUT2D eigenvalue weighted by Gasteiger charge is -2.36. The number of allylic oxidation sites excluding steroid dienone is 1. The summed E-state index contributed by atoms with van der Waals surface area (Å²) in [5.74, 6) is -3.72. The standard InChI is InChI=1S/C37H43N3O8/c1-23-12-10-13-24(2)31(23)39-19-9-5-8-16-28(42)38-26(22-46-3)32(25-14-6-4-7-15-25)47-36(45)29-27-17-18-37(48-27)30(29)34(43)40(20-11-21-41)33(37)35(39)44/h4-7,9-10,12-15,17-18,26-27,29-30,32-33,41H,8,11,16,19-22H2,1-3H3,(H,38,42)/b9-5-/t26-,27+,29-,30-,32-,33+,37-/m0/s1. The minimum Gasteiger partial charge on any atom is -0.455 e. The summed E-state index contributed by atoms with van der Waals surface area (Å²) in [4.78, 5) is 60.0. The van der Waals surface area contributed by atoms with E-state index < -0.39 is 53.6 Å². The average Bonchev–Trinajstić information content (AvgIpc) is 3.71. The number of carbonyl (C=O) groups is 4. The smallest absolute Gasteiger partial charge is 0.313 e. The number of para-hydroxylation sites is 1. The highest BCUT2D eigenvalue weighted by Gasteiger charge is 2.73. The first kappa shape index (κ1) is 33.6. The molecule has 4 aliphatic heterocycles. The first-order valence-corrected chi connectivity index (χ1v) is 16.6. The molecule has 4 aliphatic rings. The van der Waals surface area contributed by atoms with Gasteiger partial charge in [-0.2, -0.15) is 0 Å². The van der Waals surface area contributed by atoms with Gasteiger partial charge in [0.1, 0.15) is 23.7 Å². The van der Waals surface area contributed by atoms with Crippen LogP contribution in [0.15, 0.2) is 72.8 Å². The minimum absolute atomic E-state index is 0.0709. The monoisotopic (exact) mass is 657 g/mol. The molecule has 0 radical (unpaired) electrons. The van der Waals surface area contributed by atoms with Gasteiger partial charge in [0.15, 0.2) is 0 Å². The van der Waals surface area contributed by atoms with Crippen LogP contribution in [-0.4, -0.2) is 90.9 Å². The molecule has 3 amide bonds. The van der Waals surface area contributed by atoms with Crippen LogP contribution in [0.5, 0.6) is 0 Å². The van der Waals surface area contributed by atoms with Gasteiger partial charge in [0.2, 0.25) is 11.8 Å². The second-order valence-corrected chi connectivity index (χ2v) is 12.9. The summed E-state index contributed by atoms with van der Waals surface area (Å²) in [6, 6.07) is 13.1. The third-order valence-electron chi connectivity index (χ3n) is 9.83. The Balaban J connectivity index is 1.47. The molecule has 1 spiro atoms. The van der Waals surface area contributed by atoms with Crippen molar-refractivity contribution in [2.24, 2.45) is 11.8 Å². The number of amides is 3. The molecule has 5 bridgehead atoms. The van der Waals surface area contributed by atoms with Gasteiger partial charge in [-0.3, -0.25) is 19.2 Å². The molecule has 2 aromatic carbocycles. The summed E-state index contributed by atoms with van der Waals surface area (Å²) < 4.78 is 18.3. The molecule has 0 aliphatic carbocycles. The molecule has 254 valence electrons. The number of cyclic esters (lactones) is 1. The van der Waals surface area contributed by atoms with Crippen molar-refractivity contribution in [1.82, 2.24) is 10.2 Å². The fraction of sp³-hybridized carbons (Fsp3) is 0.459. The molecule has 0 unspecified atom stereocenters. The van der Waals surface area contributed by atoms with E-state index in [4.69, 9.17) is 14.2 Å². The van der Waals surface area contributed by atoms with Crippen LogP contribution in [-0.2, 0) is 33.4 Å². The number of hydrogen-bond donors (Lipinski definition) is 2. The van der Waals surface area contributed by atoms with Crippen LogP contribution in [0, 0.1) is 25.7 Å². The van der Waals surface area contributed by atoms with Crippen molar-refractivity contribution in [2.75, 3.05) is 38.3 Å². The number of likely N-dealkylation sites (tertiary alicyclic amines) is 1. The van der Waals surface area contributed by atoms with E-state index in [0.717, 1.165) is 16.8 Å². The topological polar surface area (TPSA) is 135 Å². The summed E-state index contributed by atoms with van der Waals surface area (Å²) in [7, 11) is 1.51. The molecule has 2 aromatic rings. The number of nitrogens with one attached hydrogen (secondary N) is 1. The number of methoxy groups -OCH3 is 1. The molecule has 11 heteroatoms. The fourth-order valence-corrected chi connectivity index (χ4v) is 7.77. The number of aliphatic hydroxyl groups excluding tert-OH is 1. The van der Waals surface area contributed by atoms with Crippen LogP contribution < -0.4 is 10.2 Å². The molecule has 4 heterocycles. The minimum atomic E-state index is -1.41. The molecule has 6 rings (SSSR count).